The molecule has 1 N–H and O–H groups in total. The first kappa shape index (κ1) is 17.4. The Kier molecular flexibility index (Phi) is 4.44. The van der Waals surface area contributed by atoms with Crippen LogP contribution in [0.5, 0.6) is 0 Å². The monoisotopic (exact) mass is 383 g/mol. The van der Waals surface area contributed by atoms with Crippen LogP contribution >= 0.6 is 11.5 Å². The van der Waals surface area contributed by atoms with Crippen molar-refractivity contribution in [3.05, 3.63) is 40.2 Å². The van der Waals surface area contributed by atoms with Crippen LogP contribution < -0.4 is 5.32 Å². The van der Waals surface area contributed by atoms with Gasteiger partial charge in [0.05, 0.1) is 12.3 Å². The van der Waals surface area contributed by atoms with Crippen LogP contribution in [0.1, 0.15) is 57.7 Å². The normalized spacial score (nSPS) is 20.3. The third-order valence-corrected chi connectivity index (χ3v) is 5.45. The lowest BCUT2D eigenvalue weighted by Gasteiger charge is -2.10. The molecule has 5 nitrogen and oxygen atoms in total. The first-order chi connectivity index (χ1) is 12.4. The van der Waals surface area contributed by atoms with Gasteiger partial charge in [0.15, 0.2) is 0 Å². The van der Waals surface area contributed by atoms with Crippen LogP contribution in [0.4, 0.5) is 18.9 Å². The Hall–Kier alpha value is -2.00. The highest BCUT2D eigenvalue weighted by molar-refractivity contribution is 7.08. The molecule has 0 bridgehead atoms. The van der Waals surface area contributed by atoms with Gasteiger partial charge in [-0.1, -0.05) is 0 Å². The lowest BCUT2D eigenvalue weighted by molar-refractivity contribution is -0.141. The Morgan fingerprint density at radius 1 is 1.27 bits per heavy atom. The number of ether oxygens (including phenoxy) is 1. The molecule has 2 aromatic rings. The van der Waals surface area contributed by atoms with Gasteiger partial charge >= 0.3 is 6.18 Å². The number of nitrogens with one attached hydrogen (secondary N) is 1. The van der Waals surface area contributed by atoms with Crippen molar-refractivity contribution in [1.29, 1.82) is 0 Å². The lowest BCUT2D eigenvalue weighted by atomic mass is 9.97. The maximum atomic E-state index is 12.8. The predicted octanol–water partition coefficient (Wildman–Crippen LogP) is 4.19. The SMILES string of the molecule is O=C(Nc1ccnc(C(F)(F)F)c1)c1snc([C@@H]2CCOC2)c1C1CC1. The Morgan fingerprint density at radius 3 is 2.73 bits per heavy atom. The fourth-order valence-corrected chi connectivity index (χ4v) is 4.08. The summed E-state index contributed by atoms with van der Waals surface area (Å²) in [4.78, 5) is 16.5. The van der Waals surface area contributed by atoms with E-state index in [1.807, 2.05) is 0 Å². The number of carbonyl (C=O) groups excluding carboxylic acids is 1. The summed E-state index contributed by atoms with van der Waals surface area (Å²) in [7, 11) is 0. The highest BCUT2D eigenvalue weighted by Crippen LogP contribution is 2.47. The van der Waals surface area contributed by atoms with Crippen molar-refractivity contribution in [1.82, 2.24) is 9.36 Å². The molecule has 1 aliphatic carbocycles. The van der Waals surface area contributed by atoms with E-state index in [-0.39, 0.29) is 11.6 Å². The highest BCUT2D eigenvalue weighted by Gasteiger charge is 2.37. The fraction of sp³-hybridized carbons (Fsp3) is 0.471. The molecule has 2 fully saturated rings. The van der Waals surface area contributed by atoms with Crippen LogP contribution in [0.3, 0.4) is 0 Å². The number of carbonyl (C=O) groups is 1. The number of pyridine rings is 1. The zero-order chi connectivity index (χ0) is 18.3. The molecule has 4 rings (SSSR count). The molecule has 2 aliphatic rings. The van der Waals surface area contributed by atoms with Gasteiger partial charge in [-0.05, 0) is 48.8 Å². The van der Waals surface area contributed by atoms with Crippen molar-refractivity contribution in [3.8, 4) is 0 Å². The average Bonchev–Trinajstić information content (AvgIpc) is 3.11. The van der Waals surface area contributed by atoms with E-state index >= 15 is 0 Å². The Labute approximate surface area is 151 Å². The smallest absolute Gasteiger partial charge is 0.381 e. The number of halogens is 3. The molecule has 26 heavy (non-hydrogen) atoms. The molecule has 1 atom stereocenters. The van der Waals surface area contributed by atoms with Gasteiger partial charge < -0.3 is 10.1 Å². The number of hydrogen-bond acceptors (Lipinski definition) is 5. The fourth-order valence-electron chi connectivity index (χ4n) is 3.14. The summed E-state index contributed by atoms with van der Waals surface area (Å²) < 4.78 is 48.3. The zero-order valence-electron chi connectivity index (χ0n) is 13.7. The minimum absolute atomic E-state index is 0.0678. The summed E-state index contributed by atoms with van der Waals surface area (Å²) >= 11 is 1.11. The van der Waals surface area contributed by atoms with E-state index in [2.05, 4.69) is 14.7 Å². The summed E-state index contributed by atoms with van der Waals surface area (Å²) in [6.07, 6.45) is -0.627. The van der Waals surface area contributed by atoms with E-state index in [4.69, 9.17) is 4.74 Å². The topological polar surface area (TPSA) is 64.1 Å². The van der Waals surface area contributed by atoms with E-state index in [0.29, 0.717) is 24.0 Å². The minimum Gasteiger partial charge on any atom is -0.381 e. The lowest BCUT2D eigenvalue weighted by Crippen LogP contribution is -2.15. The van der Waals surface area contributed by atoms with E-state index in [9.17, 15) is 18.0 Å². The molecule has 1 saturated heterocycles. The number of rotatable bonds is 4. The Morgan fingerprint density at radius 2 is 2.08 bits per heavy atom. The first-order valence-electron chi connectivity index (χ1n) is 8.35. The van der Waals surface area contributed by atoms with Crippen LogP contribution in [0.25, 0.3) is 0 Å². The van der Waals surface area contributed by atoms with E-state index in [1.54, 1.807) is 0 Å². The molecular formula is C17H16F3N3O2S. The van der Waals surface area contributed by atoms with Gasteiger partial charge in [-0.15, -0.1) is 0 Å². The molecule has 0 aromatic carbocycles. The van der Waals surface area contributed by atoms with Gasteiger partial charge in [0, 0.05) is 30.0 Å². The van der Waals surface area contributed by atoms with Crippen LogP contribution in [-0.4, -0.2) is 28.5 Å². The zero-order valence-corrected chi connectivity index (χ0v) is 14.5. The quantitative estimate of drug-likeness (QED) is 0.860. The summed E-state index contributed by atoms with van der Waals surface area (Å²) in [5.41, 5.74) is 0.906. The molecule has 1 amide bonds. The molecule has 1 saturated carbocycles. The molecule has 3 heterocycles. The van der Waals surface area contributed by atoms with Crippen LogP contribution in [-0.2, 0) is 10.9 Å². The van der Waals surface area contributed by atoms with Crippen molar-refractivity contribution in [2.75, 3.05) is 18.5 Å². The molecular weight excluding hydrogens is 367 g/mol. The summed E-state index contributed by atoms with van der Waals surface area (Å²) in [6, 6.07) is 2.18. The third-order valence-electron chi connectivity index (χ3n) is 4.57. The molecule has 2 aromatic heterocycles. The van der Waals surface area contributed by atoms with Crippen LogP contribution in [0, 0.1) is 0 Å². The van der Waals surface area contributed by atoms with Crippen molar-refractivity contribution in [2.45, 2.75) is 37.3 Å². The van der Waals surface area contributed by atoms with Gasteiger partial charge in [-0.2, -0.15) is 17.5 Å². The minimum atomic E-state index is -4.56. The molecule has 0 unspecified atom stereocenters. The van der Waals surface area contributed by atoms with Gasteiger partial charge in [-0.3, -0.25) is 9.78 Å². The van der Waals surface area contributed by atoms with Gasteiger partial charge in [0.1, 0.15) is 10.6 Å². The second-order valence-electron chi connectivity index (χ2n) is 6.53. The second kappa shape index (κ2) is 6.62. The Balaban J connectivity index is 1.59. The van der Waals surface area contributed by atoms with Crippen molar-refractivity contribution in [2.24, 2.45) is 0 Å². The number of aromatic nitrogens is 2. The molecule has 0 spiro atoms. The van der Waals surface area contributed by atoms with E-state index in [1.165, 1.54) is 6.07 Å². The molecule has 0 radical (unpaired) electrons. The largest absolute Gasteiger partial charge is 0.433 e. The van der Waals surface area contributed by atoms with Gasteiger partial charge in [-0.25, -0.2) is 0 Å². The summed E-state index contributed by atoms with van der Waals surface area (Å²) in [5.74, 6) is 0.0864. The number of hydrogen-bond donors (Lipinski definition) is 1. The predicted molar refractivity (Wildman–Crippen MR) is 89.5 cm³/mol. The Bertz CT molecular complexity index is 827. The van der Waals surface area contributed by atoms with Gasteiger partial charge in [0.2, 0.25) is 0 Å². The van der Waals surface area contributed by atoms with Crippen molar-refractivity contribution in [3.63, 3.8) is 0 Å². The first-order valence-corrected chi connectivity index (χ1v) is 9.12. The van der Waals surface area contributed by atoms with Crippen molar-refractivity contribution < 1.29 is 22.7 Å². The number of nitrogens with zero attached hydrogens (tertiary/aromatic N) is 2. The maximum Gasteiger partial charge on any atom is 0.433 e. The molecule has 9 heteroatoms. The number of alkyl halides is 3. The van der Waals surface area contributed by atoms with Crippen LogP contribution in [0.2, 0.25) is 0 Å². The highest BCUT2D eigenvalue weighted by atomic mass is 32.1. The average molecular weight is 383 g/mol. The third kappa shape index (κ3) is 3.45. The van der Waals surface area contributed by atoms with E-state index in [0.717, 1.165) is 54.3 Å². The number of amides is 1. The standard InChI is InChI=1S/C17H16F3N3O2S/c18-17(19,20)12-7-11(3-5-21-12)22-16(24)15-13(9-1-2-9)14(23-26-15)10-4-6-25-8-10/h3,5,7,9-10H,1-2,4,6,8H2,(H,21,22,24)/t10-/m1/s1. The van der Waals surface area contributed by atoms with Crippen LogP contribution in [0.15, 0.2) is 18.3 Å². The number of anilines is 1. The molecule has 138 valence electrons. The van der Waals surface area contributed by atoms with Crippen molar-refractivity contribution >= 4 is 23.1 Å². The second-order valence-corrected chi connectivity index (χ2v) is 7.30. The summed E-state index contributed by atoms with van der Waals surface area (Å²) in [6.45, 7) is 1.29. The van der Waals surface area contributed by atoms with Gasteiger partial charge in [0.25, 0.3) is 5.91 Å². The summed E-state index contributed by atoms with van der Waals surface area (Å²) in [5, 5.41) is 2.56. The van der Waals surface area contributed by atoms with E-state index < -0.39 is 17.8 Å². The maximum absolute atomic E-state index is 12.8. The molecule has 1 aliphatic heterocycles.